The second-order valence-electron chi connectivity index (χ2n) is 6.76. The monoisotopic (exact) mass is 389 g/mol. The van der Waals surface area contributed by atoms with E-state index >= 15 is 0 Å². The molecule has 1 aliphatic rings. The third-order valence-electron chi connectivity index (χ3n) is 4.10. The Morgan fingerprint density at radius 2 is 2.00 bits per heavy atom. The van der Waals surface area contributed by atoms with Crippen molar-refractivity contribution in [1.29, 1.82) is 0 Å². The lowest BCUT2D eigenvalue weighted by Gasteiger charge is -2.18. The molecule has 2 aromatic carbocycles. The van der Waals surface area contributed by atoms with E-state index in [1.165, 1.54) is 7.11 Å². The van der Waals surface area contributed by atoms with Gasteiger partial charge in [-0.05, 0) is 44.2 Å². The lowest BCUT2D eigenvalue weighted by molar-refractivity contribution is -0.124. The molecule has 3 N–H and O–H groups in total. The molecule has 0 bridgehead atoms. The molecule has 0 unspecified atom stereocenters. The number of amides is 3. The van der Waals surface area contributed by atoms with Crippen molar-refractivity contribution in [1.82, 2.24) is 0 Å². The van der Waals surface area contributed by atoms with Gasteiger partial charge in [0.25, 0.3) is 0 Å². The maximum Gasteiger partial charge on any atom is 0.323 e. The fraction of sp³-hybridized carbons (Fsp3) is 0.263. The minimum Gasteiger partial charge on any atom is -0.495 e. The summed E-state index contributed by atoms with van der Waals surface area (Å²) in [4.78, 5) is 24.5. The zero-order valence-corrected chi connectivity index (χ0v) is 15.9. The minimum absolute atomic E-state index is 0.118. The minimum atomic E-state index is -0.646. The quantitative estimate of drug-likeness (QED) is 0.728. The van der Waals surface area contributed by atoms with Crippen LogP contribution in [-0.4, -0.2) is 25.7 Å². The highest BCUT2D eigenvalue weighted by atomic mass is 35.5. The van der Waals surface area contributed by atoms with E-state index in [9.17, 15) is 9.59 Å². The summed E-state index contributed by atoms with van der Waals surface area (Å²) >= 11 is 5.97. The molecule has 7 nitrogen and oxygen atoms in total. The summed E-state index contributed by atoms with van der Waals surface area (Å²) < 4.78 is 10.9. The maximum absolute atomic E-state index is 12.3. The van der Waals surface area contributed by atoms with Gasteiger partial charge in [0, 0.05) is 16.8 Å². The number of carbonyl (C=O) groups excluding carboxylic acids is 2. The molecule has 0 saturated carbocycles. The summed E-state index contributed by atoms with van der Waals surface area (Å²) in [6.45, 7) is 3.85. The molecule has 0 fully saturated rings. The number of carbonyl (C=O) groups is 2. The Labute approximate surface area is 162 Å². The zero-order valence-electron chi connectivity index (χ0n) is 15.2. The molecule has 3 amide bonds. The Morgan fingerprint density at radius 1 is 1.22 bits per heavy atom. The molecule has 0 aromatic heterocycles. The van der Waals surface area contributed by atoms with Crippen molar-refractivity contribution in [2.24, 2.45) is 5.41 Å². The molecule has 0 spiro atoms. The number of methoxy groups -OCH3 is 1. The van der Waals surface area contributed by atoms with Crippen LogP contribution in [0.1, 0.15) is 13.8 Å². The van der Waals surface area contributed by atoms with Gasteiger partial charge < -0.3 is 25.4 Å². The van der Waals surface area contributed by atoms with E-state index in [-0.39, 0.29) is 12.5 Å². The first-order valence-electron chi connectivity index (χ1n) is 8.28. The number of anilines is 3. The average Bonchev–Trinajstić information content (AvgIpc) is 2.72. The second kappa shape index (κ2) is 7.36. The number of fused-ring (bicyclic) bond motifs is 1. The molecule has 142 valence electrons. The molecule has 1 heterocycles. The molecule has 2 aromatic rings. The summed E-state index contributed by atoms with van der Waals surface area (Å²) in [5.74, 6) is 0.865. The lowest BCUT2D eigenvalue weighted by atomic mass is 9.94. The van der Waals surface area contributed by atoms with Crippen LogP contribution in [-0.2, 0) is 4.79 Å². The van der Waals surface area contributed by atoms with Gasteiger partial charge in [-0.15, -0.1) is 0 Å². The normalized spacial score (nSPS) is 14.9. The number of nitrogens with one attached hydrogen (secondary N) is 3. The van der Waals surface area contributed by atoms with Crippen LogP contribution in [0.2, 0.25) is 5.02 Å². The van der Waals surface area contributed by atoms with E-state index in [2.05, 4.69) is 16.0 Å². The molecular formula is C19H20ClN3O4. The standard InChI is InChI=1S/C19H20ClN3O4/c1-19(2)10-27-16-9-12(5-6-13(16)22-17(19)24)21-18(25)23-14-8-11(20)4-7-15(14)26-3/h4-9H,10H2,1-3H3,(H,22,24)(H2,21,23,25). The van der Waals surface area contributed by atoms with E-state index in [1.54, 1.807) is 50.2 Å². The van der Waals surface area contributed by atoms with Gasteiger partial charge in [0.2, 0.25) is 5.91 Å². The molecule has 0 saturated heterocycles. The van der Waals surface area contributed by atoms with Crippen LogP contribution in [0.15, 0.2) is 36.4 Å². The molecule has 27 heavy (non-hydrogen) atoms. The number of urea groups is 1. The van der Waals surface area contributed by atoms with Crippen molar-refractivity contribution in [3.63, 3.8) is 0 Å². The fourth-order valence-electron chi connectivity index (χ4n) is 2.50. The second-order valence-corrected chi connectivity index (χ2v) is 7.20. The first-order valence-corrected chi connectivity index (χ1v) is 8.66. The van der Waals surface area contributed by atoms with Gasteiger partial charge in [0.15, 0.2) is 0 Å². The molecule has 0 radical (unpaired) electrons. The number of hydrogen-bond acceptors (Lipinski definition) is 4. The first kappa shape index (κ1) is 18.8. The Kier molecular flexibility index (Phi) is 5.14. The van der Waals surface area contributed by atoms with Gasteiger partial charge >= 0.3 is 6.03 Å². The predicted octanol–water partition coefficient (Wildman–Crippen LogP) is 4.35. The third kappa shape index (κ3) is 4.25. The molecule has 0 aliphatic carbocycles. The Bertz CT molecular complexity index is 899. The topological polar surface area (TPSA) is 88.7 Å². The summed E-state index contributed by atoms with van der Waals surface area (Å²) in [7, 11) is 1.51. The predicted molar refractivity (Wildman–Crippen MR) is 105 cm³/mol. The SMILES string of the molecule is COc1ccc(Cl)cc1NC(=O)Nc1ccc2c(c1)OCC(C)(C)C(=O)N2. The zero-order chi connectivity index (χ0) is 19.6. The molecular weight excluding hydrogens is 370 g/mol. The Morgan fingerprint density at radius 3 is 2.74 bits per heavy atom. The number of hydrogen-bond donors (Lipinski definition) is 3. The number of ether oxygens (including phenoxy) is 2. The van der Waals surface area contributed by atoms with Crippen LogP contribution in [0.5, 0.6) is 11.5 Å². The van der Waals surface area contributed by atoms with Crippen LogP contribution in [0.4, 0.5) is 21.9 Å². The third-order valence-corrected chi connectivity index (χ3v) is 4.34. The van der Waals surface area contributed by atoms with Crippen molar-refractivity contribution >= 4 is 40.6 Å². The molecule has 1 aliphatic heterocycles. The van der Waals surface area contributed by atoms with Crippen molar-refractivity contribution in [3.05, 3.63) is 41.4 Å². The highest BCUT2D eigenvalue weighted by molar-refractivity contribution is 6.31. The van der Waals surface area contributed by atoms with Crippen molar-refractivity contribution in [3.8, 4) is 11.5 Å². The van der Waals surface area contributed by atoms with E-state index in [1.807, 2.05) is 0 Å². The van der Waals surface area contributed by atoms with E-state index in [0.717, 1.165) is 0 Å². The van der Waals surface area contributed by atoms with Crippen molar-refractivity contribution in [2.45, 2.75) is 13.8 Å². The van der Waals surface area contributed by atoms with Gasteiger partial charge in [-0.1, -0.05) is 11.6 Å². The average molecular weight is 390 g/mol. The first-order chi connectivity index (χ1) is 12.8. The summed E-state index contributed by atoms with van der Waals surface area (Å²) in [6.07, 6.45) is 0. The number of benzene rings is 2. The fourth-order valence-corrected chi connectivity index (χ4v) is 2.67. The Balaban J connectivity index is 1.74. The number of rotatable bonds is 3. The highest BCUT2D eigenvalue weighted by Gasteiger charge is 2.32. The van der Waals surface area contributed by atoms with Crippen LogP contribution in [0.25, 0.3) is 0 Å². The van der Waals surface area contributed by atoms with Gasteiger partial charge in [0.1, 0.15) is 18.1 Å². The Hall–Kier alpha value is -2.93. The van der Waals surface area contributed by atoms with Crippen LogP contribution in [0, 0.1) is 5.41 Å². The largest absolute Gasteiger partial charge is 0.495 e. The van der Waals surface area contributed by atoms with Crippen molar-refractivity contribution < 1.29 is 19.1 Å². The number of halogens is 1. The van der Waals surface area contributed by atoms with Crippen LogP contribution < -0.4 is 25.4 Å². The smallest absolute Gasteiger partial charge is 0.323 e. The summed E-state index contributed by atoms with van der Waals surface area (Å²) in [5.41, 5.74) is 0.879. The summed E-state index contributed by atoms with van der Waals surface area (Å²) in [6, 6.07) is 9.49. The van der Waals surface area contributed by atoms with E-state index in [4.69, 9.17) is 21.1 Å². The van der Waals surface area contributed by atoms with Crippen LogP contribution >= 0.6 is 11.6 Å². The van der Waals surface area contributed by atoms with Crippen molar-refractivity contribution in [2.75, 3.05) is 29.7 Å². The lowest BCUT2D eigenvalue weighted by Crippen LogP contribution is -2.33. The van der Waals surface area contributed by atoms with E-state index in [0.29, 0.717) is 33.6 Å². The molecule has 8 heteroatoms. The molecule has 3 rings (SSSR count). The van der Waals surface area contributed by atoms with Crippen LogP contribution in [0.3, 0.4) is 0 Å². The maximum atomic E-state index is 12.3. The van der Waals surface area contributed by atoms with Gasteiger partial charge in [-0.3, -0.25) is 4.79 Å². The van der Waals surface area contributed by atoms with Gasteiger partial charge in [-0.25, -0.2) is 4.79 Å². The summed E-state index contributed by atoms with van der Waals surface area (Å²) in [5, 5.41) is 8.72. The van der Waals surface area contributed by atoms with Gasteiger partial charge in [0.05, 0.1) is 23.9 Å². The van der Waals surface area contributed by atoms with Gasteiger partial charge in [-0.2, -0.15) is 0 Å². The van der Waals surface area contributed by atoms with E-state index < -0.39 is 11.4 Å². The molecule has 0 atom stereocenters. The highest BCUT2D eigenvalue weighted by Crippen LogP contribution is 2.34.